The number of carbonyl (C=O) groups is 1. The second-order valence-corrected chi connectivity index (χ2v) is 6.81. The molecule has 6 nitrogen and oxygen atoms in total. The van der Waals surface area contributed by atoms with Gasteiger partial charge in [-0.1, -0.05) is 44.2 Å². The van der Waals surface area contributed by atoms with E-state index >= 15 is 0 Å². The van der Waals surface area contributed by atoms with Crippen LogP contribution in [0.15, 0.2) is 48.5 Å². The van der Waals surface area contributed by atoms with Crippen LogP contribution in [0.1, 0.15) is 31.0 Å². The third kappa shape index (κ3) is 4.55. The molecule has 0 unspecified atom stereocenters. The van der Waals surface area contributed by atoms with Crippen molar-refractivity contribution in [1.29, 1.82) is 0 Å². The quantitative estimate of drug-likeness (QED) is 0.725. The summed E-state index contributed by atoms with van der Waals surface area (Å²) in [5.41, 5.74) is 2.21. The molecule has 0 aliphatic heterocycles. The Balaban J connectivity index is 1.69. The molecule has 0 saturated heterocycles. The van der Waals surface area contributed by atoms with Crippen molar-refractivity contribution in [3.8, 4) is 11.4 Å². The van der Waals surface area contributed by atoms with E-state index in [2.05, 4.69) is 34.6 Å². The highest BCUT2D eigenvalue weighted by molar-refractivity contribution is 5.76. The number of nitrogens with one attached hydrogen (secondary N) is 1. The molecule has 0 spiro atoms. The standard InChI is InChI=1S/C20H22FN5O/c1-13(2)19(15-7-5-4-6-8-15)22-18(27)12-26-24-20(23-25-26)16-9-10-17(21)14(3)11-16/h4-11,13,19H,12H2,1-3H3,(H,22,27)/t19-/m0/s1. The highest BCUT2D eigenvalue weighted by atomic mass is 19.1. The van der Waals surface area contributed by atoms with E-state index in [1.807, 2.05) is 30.3 Å². The van der Waals surface area contributed by atoms with E-state index in [-0.39, 0.29) is 30.2 Å². The summed E-state index contributed by atoms with van der Waals surface area (Å²) in [6.45, 7) is 5.75. The average molecular weight is 367 g/mol. The van der Waals surface area contributed by atoms with Crippen LogP contribution in [0.5, 0.6) is 0 Å². The highest BCUT2D eigenvalue weighted by Gasteiger charge is 2.19. The van der Waals surface area contributed by atoms with E-state index < -0.39 is 0 Å². The van der Waals surface area contributed by atoms with Crippen LogP contribution in [-0.2, 0) is 11.3 Å². The maximum absolute atomic E-state index is 13.4. The lowest BCUT2D eigenvalue weighted by atomic mass is 9.96. The fraction of sp³-hybridized carbons (Fsp3) is 0.300. The first-order valence-electron chi connectivity index (χ1n) is 8.82. The Labute approximate surface area is 157 Å². The summed E-state index contributed by atoms with van der Waals surface area (Å²) in [5, 5.41) is 15.1. The molecule has 0 bridgehead atoms. The van der Waals surface area contributed by atoms with Crippen molar-refractivity contribution in [1.82, 2.24) is 25.5 Å². The van der Waals surface area contributed by atoms with Gasteiger partial charge in [-0.15, -0.1) is 10.2 Å². The van der Waals surface area contributed by atoms with Gasteiger partial charge < -0.3 is 5.32 Å². The number of tetrazole rings is 1. The van der Waals surface area contributed by atoms with Gasteiger partial charge in [0.25, 0.3) is 0 Å². The summed E-state index contributed by atoms with van der Waals surface area (Å²) in [5.74, 6) is 0.107. The van der Waals surface area contributed by atoms with E-state index in [1.165, 1.54) is 10.9 Å². The van der Waals surface area contributed by atoms with Crippen molar-refractivity contribution in [3.05, 3.63) is 65.5 Å². The molecule has 7 heteroatoms. The molecule has 0 radical (unpaired) electrons. The Morgan fingerprint density at radius 3 is 2.59 bits per heavy atom. The predicted octanol–water partition coefficient (Wildman–Crippen LogP) is 3.30. The summed E-state index contributed by atoms with van der Waals surface area (Å²) >= 11 is 0. The molecule has 0 aliphatic rings. The highest BCUT2D eigenvalue weighted by Crippen LogP contribution is 2.21. The Bertz CT molecular complexity index is 923. The number of amides is 1. The zero-order valence-corrected chi connectivity index (χ0v) is 15.6. The van der Waals surface area contributed by atoms with Gasteiger partial charge in [0.1, 0.15) is 12.4 Å². The number of aryl methyl sites for hydroxylation is 1. The molecular weight excluding hydrogens is 345 g/mol. The monoisotopic (exact) mass is 367 g/mol. The minimum Gasteiger partial charge on any atom is -0.347 e. The third-order valence-electron chi connectivity index (χ3n) is 4.30. The van der Waals surface area contributed by atoms with E-state index in [0.717, 1.165) is 5.56 Å². The number of nitrogens with zero attached hydrogens (tertiary/aromatic N) is 4. The third-order valence-corrected chi connectivity index (χ3v) is 4.30. The van der Waals surface area contributed by atoms with Crippen LogP contribution in [0.2, 0.25) is 0 Å². The molecule has 0 saturated carbocycles. The zero-order valence-electron chi connectivity index (χ0n) is 15.6. The first-order chi connectivity index (χ1) is 12.9. The molecular formula is C20H22FN5O. The summed E-state index contributed by atoms with van der Waals surface area (Å²) in [7, 11) is 0. The molecule has 1 atom stereocenters. The van der Waals surface area contributed by atoms with Crippen LogP contribution >= 0.6 is 0 Å². The Morgan fingerprint density at radius 1 is 1.19 bits per heavy atom. The molecule has 140 valence electrons. The maximum atomic E-state index is 13.4. The van der Waals surface area contributed by atoms with Crippen LogP contribution in [0, 0.1) is 18.7 Å². The van der Waals surface area contributed by atoms with Crippen LogP contribution in [-0.4, -0.2) is 26.1 Å². The fourth-order valence-corrected chi connectivity index (χ4v) is 2.85. The molecule has 2 aromatic carbocycles. The second-order valence-electron chi connectivity index (χ2n) is 6.81. The molecule has 1 amide bonds. The fourth-order valence-electron chi connectivity index (χ4n) is 2.85. The first-order valence-corrected chi connectivity index (χ1v) is 8.82. The predicted molar refractivity (Wildman–Crippen MR) is 100 cm³/mol. The van der Waals surface area contributed by atoms with Crippen molar-refractivity contribution in [3.63, 3.8) is 0 Å². The Hall–Kier alpha value is -3.09. The van der Waals surface area contributed by atoms with Crippen LogP contribution in [0.3, 0.4) is 0 Å². The van der Waals surface area contributed by atoms with Crippen molar-refractivity contribution in [2.24, 2.45) is 5.92 Å². The SMILES string of the molecule is Cc1cc(-c2nnn(CC(=O)N[C@H](c3ccccc3)C(C)C)n2)ccc1F. The lowest BCUT2D eigenvalue weighted by Crippen LogP contribution is -2.34. The lowest BCUT2D eigenvalue weighted by Gasteiger charge is -2.22. The van der Waals surface area contributed by atoms with Gasteiger partial charge in [-0.05, 0) is 47.4 Å². The van der Waals surface area contributed by atoms with Gasteiger partial charge in [0.05, 0.1) is 6.04 Å². The number of aromatic nitrogens is 4. The number of halogens is 1. The van der Waals surface area contributed by atoms with E-state index in [4.69, 9.17) is 0 Å². The van der Waals surface area contributed by atoms with Crippen molar-refractivity contribution in [2.75, 3.05) is 0 Å². The summed E-state index contributed by atoms with van der Waals surface area (Å²) in [6.07, 6.45) is 0. The molecule has 3 rings (SSSR count). The normalized spacial score (nSPS) is 12.2. The Morgan fingerprint density at radius 2 is 1.93 bits per heavy atom. The average Bonchev–Trinajstić information content (AvgIpc) is 3.11. The van der Waals surface area contributed by atoms with Gasteiger partial charge in [-0.2, -0.15) is 4.80 Å². The van der Waals surface area contributed by atoms with Gasteiger partial charge in [-0.25, -0.2) is 4.39 Å². The minimum absolute atomic E-state index is 0.0385. The molecule has 27 heavy (non-hydrogen) atoms. The van der Waals surface area contributed by atoms with Crippen LogP contribution in [0.4, 0.5) is 4.39 Å². The van der Waals surface area contributed by atoms with Gasteiger partial charge in [0, 0.05) is 5.56 Å². The molecule has 1 heterocycles. The van der Waals surface area contributed by atoms with Crippen LogP contribution in [0.25, 0.3) is 11.4 Å². The van der Waals surface area contributed by atoms with Gasteiger partial charge in [0.15, 0.2) is 0 Å². The van der Waals surface area contributed by atoms with Gasteiger partial charge >= 0.3 is 0 Å². The van der Waals surface area contributed by atoms with E-state index in [0.29, 0.717) is 17.0 Å². The topological polar surface area (TPSA) is 72.7 Å². The minimum atomic E-state index is -0.286. The molecule has 0 fully saturated rings. The first kappa shape index (κ1) is 18.7. The maximum Gasteiger partial charge on any atom is 0.244 e. The number of benzene rings is 2. The number of carbonyl (C=O) groups excluding carboxylic acids is 1. The van der Waals surface area contributed by atoms with E-state index in [9.17, 15) is 9.18 Å². The lowest BCUT2D eigenvalue weighted by molar-refractivity contribution is -0.123. The number of rotatable bonds is 6. The summed E-state index contributed by atoms with van der Waals surface area (Å²) in [4.78, 5) is 13.7. The zero-order chi connectivity index (χ0) is 19.4. The summed E-state index contributed by atoms with van der Waals surface area (Å²) < 4.78 is 13.4. The molecule has 1 N–H and O–H groups in total. The molecule has 3 aromatic rings. The molecule has 1 aromatic heterocycles. The van der Waals surface area contributed by atoms with Gasteiger partial charge in [-0.3, -0.25) is 4.79 Å². The Kier molecular flexibility index (Phi) is 5.59. The summed E-state index contributed by atoms with van der Waals surface area (Å²) in [6, 6.07) is 14.4. The number of hydrogen-bond acceptors (Lipinski definition) is 4. The number of hydrogen-bond donors (Lipinski definition) is 1. The van der Waals surface area contributed by atoms with Crippen molar-refractivity contribution >= 4 is 5.91 Å². The van der Waals surface area contributed by atoms with Crippen LogP contribution < -0.4 is 5.32 Å². The van der Waals surface area contributed by atoms with Crippen molar-refractivity contribution < 1.29 is 9.18 Å². The largest absolute Gasteiger partial charge is 0.347 e. The second kappa shape index (κ2) is 8.07. The molecule has 0 aliphatic carbocycles. The van der Waals surface area contributed by atoms with Crippen molar-refractivity contribution in [2.45, 2.75) is 33.4 Å². The van der Waals surface area contributed by atoms with Gasteiger partial charge in [0.2, 0.25) is 11.7 Å². The van der Waals surface area contributed by atoms with E-state index in [1.54, 1.807) is 19.1 Å². The smallest absolute Gasteiger partial charge is 0.244 e.